The van der Waals surface area contributed by atoms with Gasteiger partial charge in [-0.25, -0.2) is 4.79 Å². The minimum atomic E-state index is -0.373. The molecule has 3 heterocycles. The van der Waals surface area contributed by atoms with Crippen LogP contribution < -0.4 is 10.9 Å². The number of hydrogen-bond donors (Lipinski definition) is 1. The number of nitrogens with one attached hydrogen (secondary N) is 1. The van der Waals surface area contributed by atoms with Gasteiger partial charge in [-0.1, -0.05) is 0 Å². The average molecular weight is 397 g/mol. The molecule has 2 aromatic heterocycles. The Balaban J connectivity index is 1.40. The molecule has 1 N–H and O–H groups in total. The summed E-state index contributed by atoms with van der Waals surface area (Å²) >= 11 is 5.51. The summed E-state index contributed by atoms with van der Waals surface area (Å²) in [5.41, 5.74) is 1.77. The van der Waals surface area contributed by atoms with Gasteiger partial charge in [-0.05, 0) is 49.0 Å². The molecule has 28 heavy (non-hydrogen) atoms. The molecule has 1 amide bonds. The van der Waals surface area contributed by atoms with Crippen molar-refractivity contribution in [3.8, 4) is 0 Å². The molecule has 3 aromatic rings. The minimum absolute atomic E-state index is 0.108. The summed E-state index contributed by atoms with van der Waals surface area (Å²) in [6.45, 7) is 4.25. The van der Waals surface area contributed by atoms with Crippen LogP contribution in [0.15, 0.2) is 56.3 Å². The number of benzene rings is 1. The van der Waals surface area contributed by atoms with Gasteiger partial charge in [0.2, 0.25) is 0 Å². The Kier molecular flexibility index (Phi) is 4.87. The van der Waals surface area contributed by atoms with Crippen LogP contribution in [0, 0.1) is 6.92 Å². The first kappa shape index (κ1) is 18.2. The number of hydrogen-bond acceptors (Lipinski definition) is 5. The molecule has 0 saturated carbocycles. The van der Waals surface area contributed by atoms with Gasteiger partial charge in [0.05, 0.1) is 6.26 Å². The molecule has 0 bridgehead atoms. The first-order valence-corrected chi connectivity index (χ1v) is 9.35. The highest BCUT2D eigenvalue weighted by molar-refractivity contribution is 7.80. The summed E-state index contributed by atoms with van der Waals surface area (Å²) in [5.74, 6) is 0.241. The van der Waals surface area contributed by atoms with Gasteiger partial charge < -0.3 is 24.0 Å². The summed E-state index contributed by atoms with van der Waals surface area (Å²) in [6.07, 6.45) is 1.50. The summed E-state index contributed by atoms with van der Waals surface area (Å²) in [6, 6.07) is 10.4. The first-order valence-electron chi connectivity index (χ1n) is 8.94. The number of carbonyl (C=O) groups excluding carboxylic acids is 1. The van der Waals surface area contributed by atoms with E-state index in [1.54, 1.807) is 23.1 Å². The van der Waals surface area contributed by atoms with Gasteiger partial charge in [0, 0.05) is 49.4 Å². The SMILES string of the molecule is Cc1cc(=O)oc2cc(NC(=S)N3CCN(C(=O)c4ccco4)CC3)ccc12. The summed E-state index contributed by atoms with van der Waals surface area (Å²) in [7, 11) is 0. The molecule has 0 atom stereocenters. The molecule has 1 saturated heterocycles. The average Bonchev–Trinajstić information content (AvgIpc) is 3.22. The second-order valence-electron chi connectivity index (χ2n) is 6.65. The lowest BCUT2D eigenvalue weighted by molar-refractivity contribution is 0.0661. The normalized spacial score (nSPS) is 14.3. The second-order valence-corrected chi connectivity index (χ2v) is 7.03. The van der Waals surface area contributed by atoms with Crippen LogP contribution in [0.4, 0.5) is 5.69 Å². The van der Waals surface area contributed by atoms with Crippen molar-refractivity contribution in [1.82, 2.24) is 9.80 Å². The van der Waals surface area contributed by atoms with E-state index in [1.807, 2.05) is 24.0 Å². The van der Waals surface area contributed by atoms with E-state index in [2.05, 4.69) is 5.32 Å². The van der Waals surface area contributed by atoms with Crippen LogP contribution in [0.5, 0.6) is 0 Å². The third-order valence-corrected chi connectivity index (χ3v) is 5.15. The molecule has 7 nitrogen and oxygen atoms in total. The molecule has 0 spiro atoms. The van der Waals surface area contributed by atoms with Crippen molar-refractivity contribution in [2.45, 2.75) is 6.92 Å². The van der Waals surface area contributed by atoms with E-state index in [0.29, 0.717) is 42.6 Å². The van der Waals surface area contributed by atoms with Crippen molar-refractivity contribution in [3.63, 3.8) is 0 Å². The number of amides is 1. The van der Waals surface area contributed by atoms with E-state index in [9.17, 15) is 9.59 Å². The number of piperazine rings is 1. The van der Waals surface area contributed by atoms with Crippen LogP contribution in [-0.2, 0) is 0 Å². The van der Waals surface area contributed by atoms with Crippen LogP contribution in [-0.4, -0.2) is 47.0 Å². The van der Waals surface area contributed by atoms with Crippen molar-refractivity contribution < 1.29 is 13.6 Å². The highest BCUT2D eigenvalue weighted by Crippen LogP contribution is 2.21. The van der Waals surface area contributed by atoms with Crippen LogP contribution in [0.25, 0.3) is 11.0 Å². The molecule has 1 fully saturated rings. The Labute approximate surface area is 166 Å². The molecule has 8 heteroatoms. The standard InChI is InChI=1S/C20H19N3O4S/c1-13-11-18(24)27-17-12-14(4-5-15(13)17)21-20(28)23-8-6-22(7-9-23)19(25)16-3-2-10-26-16/h2-5,10-12H,6-9H2,1H3,(H,21,28). The van der Waals surface area contributed by atoms with E-state index in [-0.39, 0.29) is 11.5 Å². The number of anilines is 1. The fourth-order valence-corrected chi connectivity index (χ4v) is 3.57. The van der Waals surface area contributed by atoms with Gasteiger partial charge in [-0.3, -0.25) is 4.79 Å². The molecule has 0 aliphatic carbocycles. The molecular weight excluding hydrogens is 378 g/mol. The number of rotatable bonds is 2. The molecule has 1 aromatic carbocycles. The Morgan fingerprint density at radius 1 is 1.11 bits per heavy atom. The van der Waals surface area contributed by atoms with Gasteiger partial charge in [0.1, 0.15) is 5.58 Å². The Bertz CT molecular complexity index is 1080. The predicted molar refractivity (Wildman–Crippen MR) is 110 cm³/mol. The zero-order valence-electron chi connectivity index (χ0n) is 15.3. The monoisotopic (exact) mass is 397 g/mol. The van der Waals surface area contributed by atoms with Crippen molar-refractivity contribution >= 4 is 39.9 Å². The summed E-state index contributed by atoms with van der Waals surface area (Å²) in [5, 5.41) is 4.65. The molecule has 1 aliphatic rings. The van der Waals surface area contributed by atoms with Crippen LogP contribution in [0.3, 0.4) is 0 Å². The third-order valence-electron chi connectivity index (χ3n) is 4.79. The minimum Gasteiger partial charge on any atom is -0.459 e. The summed E-state index contributed by atoms with van der Waals surface area (Å²) in [4.78, 5) is 27.7. The van der Waals surface area contributed by atoms with E-state index in [4.69, 9.17) is 21.1 Å². The summed E-state index contributed by atoms with van der Waals surface area (Å²) < 4.78 is 10.5. The third kappa shape index (κ3) is 3.63. The molecule has 0 unspecified atom stereocenters. The van der Waals surface area contributed by atoms with E-state index >= 15 is 0 Å². The van der Waals surface area contributed by atoms with Crippen molar-refractivity contribution in [3.05, 3.63) is 64.4 Å². The zero-order valence-corrected chi connectivity index (χ0v) is 16.1. The Hall–Kier alpha value is -3.13. The lowest BCUT2D eigenvalue weighted by atomic mass is 10.1. The lowest BCUT2D eigenvalue weighted by Gasteiger charge is -2.35. The lowest BCUT2D eigenvalue weighted by Crippen LogP contribution is -2.51. The smallest absolute Gasteiger partial charge is 0.336 e. The largest absolute Gasteiger partial charge is 0.459 e. The fourth-order valence-electron chi connectivity index (χ4n) is 3.27. The Morgan fingerprint density at radius 3 is 2.57 bits per heavy atom. The quantitative estimate of drug-likeness (QED) is 0.526. The molecule has 144 valence electrons. The molecule has 1 aliphatic heterocycles. The number of nitrogens with zero attached hydrogens (tertiary/aromatic N) is 2. The highest BCUT2D eigenvalue weighted by atomic mass is 32.1. The van der Waals surface area contributed by atoms with Gasteiger partial charge >= 0.3 is 5.63 Å². The number of thiocarbonyl (C=S) groups is 1. The first-order chi connectivity index (χ1) is 13.5. The van der Waals surface area contributed by atoms with Gasteiger partial charge in [-0.15, -0.1) is 0 Å². The van der Waals surface area contributed by atoms with E-state index < -0.39 is 0 Å². The molecular formula is C20H19N3O4S. The van der Waals surface area contributed by atoms with Crippen molar-refractivity contribution in [1.29, 1.82) is 0 Å². The maximum atomic E-state index is 12.3. The van der Waals surface area contributed by atoms with Gasteiger partial charge in [0.25, 0.3) is 5.91 Å². The molecule has 0 radical (unpaired) electrons. The maximum Gasteiger partial charge on any atom is 0.336 e. The zero-order chi connectivity index (χ0) is 19.7. The van der Waals surface area contributed by atoms with Gasteiger partial charge in [0.15, 0.2) is 10.9 Å². The number of furan rings is 1. The van der Waals surface area contributed by atoms with Crippen molar-refractivity contribution in [2.24, 2.45) is 0 Å². The van der Waals surface area contributed by atoms with E-state index in [1.165, 1.54) is 12.3 Å². The second kappa shape index (κ2) is 7.47. The topological polar surface area (TPSA) is 78.9 Å². The van der Waals surface area contributed by atoms with Crippen LogP contribution in [0.2, 0.25) is 0 Å². The number of aryl methyl sites for hydroxylation is 1. The van der Waals surface area contributed by atoms with Gasteiger partial charge in [-0.2, -0.15) is 0 Å². The van der Waals surface area contributed by atoms with Crippen molar-refractivity contribution in [2.75, 3.05) is 31.5 Å². The number of fused-ring (bicyclic) bond motifs is 1. The highest BCUT2D eigenvalue weighted by Gasteiger charge is 2.24. The van der Waals surface area contributed by atoms with Crippen LogP contribution in [0.1, 0.15) is 16.1 Å². The van der Waals surface area contributed by atoms with E-state index in [0.717, 1.165) is 16.6 Å². The number of carbonyl (C=O) groups is 1. The predicted octanol–water partition coefficient (Wildman–Crippen LogP) is 2.85. The van der Waals surface area contributed by atoms with Crippen LogP contribution >= 0.6 is 12.2 Å². The fraction of sp³-hybridized carbons (Fsp3) is 0.250. The molecule has 4 rings (SSSR count). The maximum absolute atomic E-state index is 12.3. The Morgan fingerprint density at radius 2 is 1.86 bits per heavy atom.